The van der Waals surface area contributed by atoms with Gasteiger partial charge in [-0.15, -0.1) is 0 Å². The van der Waals surface area contributed by atoms with E-state index in [0.29, 0.717) is 18.4 Å². The van der Waals surface area contributed by atoms with E-state index in [-0.39, 0.29) is 5.82 Å². The molecule has 1 atom stereocenters. The third-order valence-electron chi connectivity index (χ3n) is 3.09. The number of hydrogen-bond donors (Lipinski definition) is 1. The van der Waals surface area contributed by atoms with Gasteiger partial charge in [0.2, 0.25) is 5.13 Å². The van der Waals surface area contributed by atoms with E-state index in [4.69, 9.17) is 0 Å². The summed E-state index contributed by atoms with van der Waals surface area (Å²) in [4.78, 5) is 4.45. The van der Waals surface area contributed by atoms with Crippen LogP contribution in [0, 0.1) is 11.7 Å². The molecular weight excluding hydrogens is 261 g/mol. The van der Waals surface area contributed by atoms with E-state index in [1.165, 1.54) is 23.7 Å². The van der Waals surface area contributed by atoms with Crippen molar-refractivity contribution >= 4 is 16.7 Å². The molecule has 1 N–H and O–H groups in total. The minimum Gasteiger partial charge on any atom is -0.358 e. The van der Waals surface area contributed by atoms with Gasteiger partial charge in [-0.05, 0) is 30.5 Å². The zero-order chi connectivity index (χ0) is 13.8. The number of hydrogen-bond acceptors (Lipinski definition) is 4. The highest BCUT2D eigenvalue weighted by Gasteiger charge is 2.10. The molecule has 0 saturated heterocycles. The first-order chi connectivity index (χ1) is 9.04. The summed E-state index contributed by atoms with van der Waals surface area (Å²) in [5.41, 5.74) is 1.02. The molecule has 0 spiro atoms. The summed E-state index contributed by atoms with van der Waals surface area (Å²) in [6.07, 6.45) is 0.633. The van der Waals surface area contributed by atoms with Crippen molar-refractivity contribution in [2.24, 2.45) is 5.92 Å². The maximum Gasteiger partial charge on any atom is 0.202 e. The predicted molar refractivity (Wildman–Crippen MR) is 77.0 cm³/mol. The number of anilines is 1. The van der Waals surface area contributed by atoms with Crippen LogP contribution in [-0.2, 0) is 6.42 Å². The van der Waals surface area contributed by atoms with Crippen molar-refractivity contribution in [3.05, 3.63) is 41.5 Å². The lowest BCUT2D eigenvalue weighted by Gasteiger charge is -2.15. The number of aromatic nitrogens is 2. The van der Waals surface area contributed by atoms with Crippen molar-refractivity contribution in [3.63, 3.8) is 0 Å². The van der Waals surface area contributed by atoms with Crippen molar-refractivity contribution in [2.45, 2.75) is 33.2 Å². The van der Waals surface area contributed by atoms with Crippen LogP contribution < -0.4 is 5.32 Å². The van der Waals surface area contributed by atoms with E-state index in [1.807, 2.05) is 0 Å². The van der Waals surface area contributed by atoms with Crippen LogP contribution in [0.2, 0.25) is 0 Å². The third-order valence-corrected chi connectivity index (χ3v) is 3.78. The molecule has 2 rings (SSSR count). The van der Waals surface area contributed by atoms with E-state index in [9.17, 15) is 4.39 Å². The fourth-order valence-electron chi connectivity index (χ4n) is 1.53. The quantitative estimate of drug-likeness (QED) is 0.906. The van der Waals surface area contributed by atoms with E-state index in [0.717, 1.165) is 16.5 Å². The molecular formula is C14H18FN3S. The first-order valence-corrected chi connectivity index (χ1v) is 7.15. The molecule has 2 aromatic rings. The molecule has 19 heavy (non-hydrogen) atoms. The molecule has 1 aromatic heterocycles. The van der Waals surface area contributed by atoms with Gasteiger partial charge >= 0.3 is 0 Å². The summed E-state index contributed by atoms with van der Waals surface area (Å²) in [5, 5.41) is 4.19. The molecule has 5 heteroatoms. The monoisotopic (exact) mass is 279 g/mol. The zero-order valence-corrected chi connectivity index (χ0v) is 12.2. The van der Waals surface area contributed by atoms with Gasteiger partial charge in [0.25, 0.3) is 0 Å². The molecule has 1 heterocycles. The molecule has 0 saturated carbocycles. The molecule has 0 amide bonds. The van der Waals surface area contributed by atoms with Gasteiger partial charge in [-0.3, -0.25) is 0 Å². The predicted octanol–water partition coefficient (Wildman–Crippen LogP) is 3.72. The molecule has 0 fully saturated rings. The van der Waals surface area contributed by atoms with E-state index in [1.54, 1.807) is 12.1 Å². The van der Waals surface area contributed by atoms with Gasteiger partial charge in [0.05, 0.1) is 0 Å². The van der Waals surface area contributed by atoms with Crippen LogP contribution in [0.1, 0.15) is 32.2 Å². The molecule has 0 bridgehead atoms. The van der Waals surface area contributed by atoms with Crippen LogP contribution in [0.3, 0.4) is 0 Å². The molecule has 0 radical (unpaired) electrons. The topological polar surface area (TPSA) is 37.8 Å². The highest BCUT2D eigenvalue weighted by molar-refractivity contribution is 7.09. The Hall–Kier alpha value is -1.49. The number of benzene rings is 1. The van der Waals surface area contributed by atoms with Crippen molar-refractivity contribution in [1.82, 2.24) is 9.36 Å². The minimum absolute atomic E-state index is 0.219. The number of nitrogens with zero attached hydrogens (tertiary/aromatic N) is 2. The fraction of sp³-hybridized carbons (Fsp3) is 0.429. The molecule has 102 valence electrons. The maximum absolute atomic E-state index is 12.8. The molecule has 1 aromatic carbocycles. The SMILES string of the molecule is CC(C)C(C)Nc1nc(Cc2ccc(F)cc2)ns1. The highest BCUT2D eigenvalue weighted by Crippen LogP contribution is 2.17. The maximum atomic E-state index is 12.8. The van der Waals surface area contributed by atoms with Gasteiger partial charge in [-0.1, -0.05) is 26.0 Å². The van der Waals surface area contributed by atoms with E-state index >= 15 is 0 Å². The Labute approximate surface area is 117 Å². The van der Waals surface area contributed by atoms with E-state index in [2.05, 4.69) is 35.4 Å². The first kappa shape index (κ1) is 13.9. The van der Waals surface area contributed by atoms with Gasteiger partial charge in [-0.25, -0.2) is 9.37 Å². The Kier molecular flexibility index (Phi) is 4.47. The molecule has 0 aliphatic heterocycles. The second kappa shape index (κ2) is 6.10. The molecule has 1 unspecified atom stereocenters. The number of halogens is 1. The fourth-order valence-corrected chi connectivity index (χ4v) is 2.21. The summed E-state index contributed by atoms with van der Waals surface area (Å²) in [6.45, 7) is 6.46. The standard InChI is InChI=1S/C14H18FN3S/c1-9(2)10(3)16-14-17-13(18-19-14)8-11-4-6-12(15)7-5-11/h4-7,9-10H,8H2,1-3H3,(H,16,17,18). The van der Waals surface area contributed by atoms with Crippen molar-refractivity contribution in [3.8, 4) is 0 Å². The lowest BCUT2D eigenvalue weighted by Crippen LogP contribution is -2.21. The largest absolute Gasteiger partial charge is 0.358 e. The Balaban J connectivity index is 1.99. The Morgan fingerprint density at radius 2 is 1.89 bits per heavy atom. The van der Waals surface area contributed by atoms with Crippen LogP contribution in [0.5, 0.6) is 0 Å². The zero-order valence-electron chi connectivity index (χ0n) is 11.4. The summed E-state index contributed by atoms with van der Waals surface area (Å²) in [5.74, 6) is 1.10. The van der Waals surface area contributed by atoms with Gasteiger partial charge < -0.3 is 5.32 Å². The highest BCUT2D eigenvalue weighted by atomic mass is 32.1. The lowest BCUT2D eigenvalue weighted by atomic mass is 10.1. The lowest BCUT2D eigenvalue weighted by molar-refractivity contribution is 0.559. The van der Waals surface area contributed by atoms with Crippen molar-refractivity contribution in [1.29, 1.82) is 0 Å². The Bertz CT molecular complexity index is 522. The van der Waals surface area contributed by atoms with Crippen LogP contribution >= 0.6 is 11.5 Å². The Morgan fingerprint density at radius 1 is 1.21 bits per heavy atom. The smallest absolute Gasteiger partial charge is 0.202 e. The second-order valence-corrected chi connectivity index (χ2v) is 5.75. The molecule has 3 nitrogen and oxygen atoms in total. The average molecular weight is 279 g/mol. The minimum atomic E-state index is -0.219. The Morgan fingerprint density at radius 3 is 2.53 bits per heavy atom. The summed E-state index contributed by atoms with van der Waals surface area (Å²) >= 11 is 1.37. The number of nitrogens with one attached hydrogen (secondary N) is 1. The first-order valence-electron chi connectivity index (χ1n) is 6.38. The average Bonchev–Trinajstić information content (AvgIpc) is 2.79. The van der Waals surface area contributed by atoms with Gasteiger partial charge in [0.15, 0.2) is 0 Å². The van der Waals surface area contributed by atoms with Crippen LogP contribution in [0.25, 0.3) is 0 Å². The van der Waals surface area contributed by atoms with E-state index < -0.39 is 0 Å². The normalized spacial score (nSPS) is 12.7. The summed E-state index contributed by atoms with van der Waals surface area (Å²) in [6, 6.07) is 6.82. The van der Waals surface area contributed by atoms with Crippen molar-refractivity contribution in [2.75, 3.05) is 5.32 Å². The molecule has 0 aliphatic rings. The molecule has 0 aliphatic carbocycles. The van der Waals surface area contributed by atoms with Crippen LogP contribution in [-0.4, -0.2) is 15.4 Å². The summed E-state index contributed by atoms with van der Waals surface area (Å²) in [7, 11) is 0. The van der Waals surface area contributed by atoms with Crippen molar-refractivity contribution < 1.29 is 4.39 Å². The van der Waals surface area contributed by atoms with Crippen LogP contribution in [0.4, 0.5) is 9.52 Å². The second-order valence-electron chi connectivity index (χ2n) is 5.00. The van der Waals surface area contributed by atoms with Crippen LogP contribution in [0.15, 0.2) is 24.3 Å². The summed E-state index contributed by atoms with van der Waals surface area (Å²) < 4.78 is 17.1. The van der Waals surface area contributed by atoms with Gasteiger partial charge in [-0.2, -0.15) is 4.37 Å². The number of rotatable bonds is 5. The van der Waals surface area contributed by atoms with Gasteiger partial charge in [0, 0.05) is 24.0 Å². The third kappa shape index (κ3) is 3.99. The van der Waals surface area contributed by atoms with Gasteiger partial charge in [0.1, 0.15) is 11.6 Å².